The van der Waals surface area contributed by atoms with Crippen LogP contribution in [0.3, 0.4) is 0 Å². The number of rotatable bonds is 4. The first-order valence-electron chi connectivity index (χ1n) is 9.64. The molecule has 0 atom stereocenters. The topological polar surface area (TPSA) is 39.9 Å². The Balaban J connectivity index is 1.68. The zero-order valence-corrected chi connectivity index (χ0v) is 16.1. The normalized spacial score (nSPS) is 14.6. The summed E-state index contributed by atoms with van der Waals surface area (Å²) in [4.78, 5) is 8.82. The smallest absolute Gasteiger partial charge is 0.145 e. The van der Waals surface area contributed by atoms with Gasteiger partial charge in [0.2, 0.25) is 0 Å². The summed E-state index contributed by atoms with van der Waals surface area (Å²) >= 11 is 6.54. The summed E-state index contributed by atoms with van der Waals surface area (Å²) in [6.45, 7) is 0. The molecule has 1 saturated carbocycles. The molecule has 2 aromatic heterocycles. The van der Waals surface area contributed by atoms with E-state index < -0.39 is 0 Å². The van der Waals surface area contributed by atoms with Crippen molar-refractivity contribution in [3.63, 3.8) is 0 Å². The quantitative estimate of drug-likeness (QED) is 0.366. The number of fused-ring (bicyclic) bond motifs is 1. The van der Waals surface area contributed by atoms with Crippen molar-refractivity contribution in [2.75, 3.05) is 0 Å². The highest BCUT2D eigenvalue weighted by molar-refractivity contribution is 6.35. The van der Waals surface area contributed by atoms with Crippen LogP contribution in [0.1, 0.15) is 31.7 Å². The SMILES string of the molecule is Clc1ncnc2c1c(-c1ccccc1Oc1ccccc1)cn2C1CCCC1. The standard InChI is InChI=1S/C23H20ClN3O/c24-22-21-19(14-27(16-8-4-5-9-16)23(21)26-15-25-22)18-12-6-7-13-20(18)28-17-10-2-1-3-11-17/h1-3,6-7,10-16H,4-5,8-9H2. The van der Waals surface area contributed by atoms with Crippen molar-refractivity contribution in [2.45, 2.75) is 31.7 Å². The minimum absolute atomic E-state index is 0.462. The van der Waals surface area contributed by atoms with Crippen LogP contribution >= 0.6 is 11.6 Å². The number of benzene rings is 2. The molecule has 4 aromatic rings. The van der Waals surface area contributed by atoms with Gasteiger partial charge in [-0.1, -0.05) is 60.8 Å². The van der Waals surface area contributed by atoms with E-state index in [4.69, 9.17) is 16.3 Å². The van der Waals surface area contributed by atoms with Crippen molar-refractivity contribution < 1.29 is 4.74 Å². The van der Waals surface area contributed by atoms with Crippen molar-refractivity contribution in [2.24, 2.45) is 0 Å². The number of hydrogen-bond donors (Lipinski definition) is 0. The van der Waals surface area contributed by atoms with E-state index in [9.17, 15) is 0 Å². The summed E-state index contributed by atoms with van der Waals surface area (Å²) in [6, 6.07) is 18.3. The van der Waals surface area contributed by atoms with E-state index in [1.165, 1.54) is 25.7 Å². The van der Waals surface area contributed by atoms with E-state index in [-0.39, 0.29) is 0 Å². The van der Waals surface area contributed by atoms with Crippen LogP contribution in [0, 0.1) is 0 Å². The number of aromatic nitrogens is 3. The molecule has 5 heteroatoms. The van der Waals surface area contributed by atoms with E-state index in [1.807, 2.05) is 48.5 Å². The second kappa shape index (κ2) is 7.28. The van der Waals surface area contributed by atoms with Crippen molar-refractivity contribution in [3.05, 3.63) is 72.3 Å². The van der Waals surface area contributed by atoms with Crippen LogP contribution in [0.25, 0.3) is 22.2 Å². The van der Waals surface area contributed by atoms with Gasteiger partial charge in [-0.25, -0.2) is 9.97 Å². The highest BCUT2D eigenvalue weighted by Crippen LogP contribution is 2.42. The van der Waals surface area contributed by atoms with E-state index in [0.29, 0.717) is 11.2 Å². The predicted molar refractivity (Wildman–Crippen MR) is 112 cm³/mol. The summed E-state index contributed by atoms with van der Waals surface area (Å²) in [5.41, 5.74) is 2.90. The van der Waals surface area contributed by atoms with Gasteiger partial charge in [-0.2, -0.15) is 0 Å². The van der Waals surface area contributed by atoms with Crippen LogP contribution in [-0.4, -0.2) is 14.5 Å². The van der Waals surface area contributed by atoms with Crippen LogP contribution in [0.4, 0.5) is 0 Å². The van der Waals surface area contributed by atoms with Crippen molar-refractivity contribution in [1.82, 2.24) is 14.5 Å². The second-order valence-corrected chi connectivity index (χ2v) is 7.52. The monoisotopic (exact) mass is 389 g/mol. The maximum absolute atomic E-state index is 6.54. The Labute approximate surface area is 168 Å². The minimum Gasteiger partial charge on any atom is -0.457 e. The maximum Gasteiger partial charge on any atom is 0.145 e. The molecular formula is C23H20ClN3O. The molecule has 140 valence electrons. The lowest BCUT2D eigenvalue weighted by molar-refractivity contribution is 0.484. The molecule has 28 heavy (non-hydrogen) atoms. The number of ether oxygens (including phenoxy) is 1. The molecule has 0 amide bonds. The summed E-state index contributed by atoms with van der Waals surface area (Å²) in [6.07, 6.45) is 8.58. The van der Waals surface area contributed by atoms with E-state index in [1.54, 1.807) is 6.33 Å². The van der Waals surface area contributed by atoms with Crippen LogP contribution in [0.5, 0.6) is 11.5 Å². The van der Waals surface area contributed by atoms with Crippen LogP contribution in [0.2, 0.25) is 5.15 Å². The molecule has 0 unspecified atom stereocenters. The Hall–Kier alpha value is -2.85. The molecule has 0 spiro atoms. The molecule has 5 rings (SSSR count). The zero-order valence-electron chi connectivity index (χ0n) is 15.4. The van der Waals surface area contributed by atoms with Gasteiger partial charge < -0.3 is 9.30 Å². The molecule has 2 aromatic carbocycles. The minimum atomic E-state index is 0.462. The first-order valence-corrected chi connectivity index (χ1v) is 10.0. The van der Waals surface area contributed by atoms with Gasteiger partial charge in [-0.15, -0.1) is 0 Å². The molecule has 1 aliphatic rings. The Morgan fingerprint density at radius 3 is 2.46 bits per heavy atom. The highest BCUT2D eigenvalue weighted by atomic mass is 35.5. The van der Waals surface area contributed by atoms with Gasteiger partial charge >= 0.3 is 0 Å². The maximum atomic E-state index is 6.54. The molecule has 1 aliphatic carbocycles. The Morgan fingerprint density at radius 1 is 0.893 bits per heavy atom. The van der Waals surface area contributed by atoms with Gasteiger partial charge in [0, 0.05) is 23.4 Å². The van der Waals surface area contributed by atoms with Gasteiger partial charge in [0.25, 0.3) is 0 Å². The van der Waals surface area contributed by atoms with Gasteiger partial charge in [-0.3, -0.25) is 0 Å². The molecule has 2 heterocycles. The molecule has 0 aliphatic heterocycles. The molecule has 0 bridgehead atoms. The molecule has 0 N–H and O–H groups in total. The Bertz CT molecular complexity index is 1120. The molecule has 4 nitrogen and oxygen atoms in total. The second-order valence-electron chi connectivity index (χ2n) is 7.16. The third-order valence-electron chi connectivity index (χ3n) is 5.43. The average molecular weight is 390 g/mol. The predicted octanol–water partition coefficient (Wildman–Crippen LogP) is 6.66. The van der Waals surface area contributed by atoms with Gasteiger partial charge in [0.05, 0.1) is 5.39 Å². The molecular weight excluding hydrogens is 370 g/mol. The summed E-state index contributed by atoms with van der Waals surface area (Å²) < 4.78 is 8.48. The fourth-order valence-corrected chi connectivity index (χ4v) is 4.34. The van der Waals surface area contributed by atoms with Gasteiger partial charge in [0.1, 0.15) is 28.6 Å². The summed E-state index contributed by atoms with van der Waals surface area (Å²) in [5, 5.41) is 1.37. The average Bonchev–Trinajstić information content (AvgIpc) is 3.38. The van der Waals surface area contributed by atoms with Crippen molar-refractivity contribution in [3.8, 4) is 22.6 Å². The van der Waals surface area contributed by atoms with Crippen LogP contribution < -0.4 is 4.74 Å². The lowest BCUT2D eigenvalue weighted by Crippen LogP contribution is -2.03. The fourth-order valence-electron chi connectivity index (χ4n) is 4.11. The van der Waals surface area contributed by atoms with E-state index in [2.05, 4.69) is 26.8 Å². The summed E-state index contributed by atoms with van der Waals surface area (Å²) in [5.74, 6) is 1.59. The number of nitrogens with zero attached hydrogens (tertiary/aromatic N) is 3. The molecule has 1 fully saturated rings. The third-order valence-corrected chi connectivity index (χ3v) is 5.72. The van der Waals surface area contributed by atoms with Gasteiger partial charge in [0.15, 0.2) is 0 Å². The van der Waals surface area contributed by atoms with Crippen LogP contribution in [0.15, 0.2) is 67.1 Å². The largest absolute Gasteiger partial charge is 0.457 e. The Kier molecular flexibility index (Phi) is 4.49. The molecule has 0 radical (unpaired) electrons. The first-order chi connectivity index (χ1) is 13.8. The van der Waals surface area contributed by atoms with Gasteiger partial charge in [-0.05, 0) is 31.0 Å². The lowest BCUT2D eigenvalue weighted by Gasteiger charge is -2.12. The first kappa shape index (κ1) is 17.3. The molecule has 0 saturated heterocycles. The van der Waals surface area contributed by atoms with Crippen molar-refractivity contribution in [1.29, 1.82) is 0 Å². The third kappa shape index (κ3) is 3.04. The van der Waals surface area contributed by atoms with E-state index >= 15 is 0 Å². The number of hydrogen-bond acceptors (Lipinski definition) is 3. The zero-order chi connectivity index (χ0) is 18.9. The highest BCUT2D eigenvalue weighted by Gasteiger charge is 2.24. The number of halogens is 1. The fraction of sp³-hybridized carbons (Fsp3) is 0.217. The Morgan fingerprint density at radius 2 is 1.64 bits per heavy atom. The van der Waals surface area contributed by atoms with E-state index in [0.717, 1.165) is 33.7 Å². The lowest BCUT2D eigenvalue weighted by atomic mass is 10.1. The summed E-state index contributed by atoms with van der Waals surface area (Å²) in [7, 11) is 0. The van der Waals surface area contributed by atoms with Crippen LogP contribution in [-0.2, 0) is 0 Å². The number of para-hydroxylation sites is 2. The van der Waals surface area contributed by atoms with Crippen molar-refractivity contribution >= 4 is 22.6 Å².